The number of aryl methyl sites for hydroxylation is 1. The van der Waals surface area contributed by atoms with Crippen molar-refractivity contribution < 1.29 is 14.3 Å². The van der Waals surface area contributed by atoms with Crippen molar-refractivity contribution in [1.82, 2.24) is 0 Å². The molecule has 1 atom stereocenters. The largest absolute Gasteiger partial charge is 0.467 e. The van der Waals surface area contributed by atoms with Crippen molar-refractivity contribution in [1.29, 1.82) is 0 Å². The van der Waals surface area contributed by atoms with E-state index >= 15 is 0 Å². The van der Waals surface area contributed by atoms with Gasteiger partial charge in [0.1, 0.15) is 6.04 Å². The van der Waals surface area contributed by atoms with Gasteiger partial charge in [0.15, 0.2) is 0 Å². The van der Waals surface area contributed by atoms with Crippen LogP contribution in [0.4, 0.5) is 11.4 Å². The second-order valence-electron chi connectivity index (χ2n) is 4.34. The lowest BCUT2D eigenvalue weighted by Gasteiger charge is -2.18. The van der Waals surface area contributed by atoms with Gasteiger partial charge >= 0.3 is 5.97 Å². The minimum atomic E-state index is -0.392. The predicted molar refractivity (Wildman–Crippen MR) is 75.2 cm³/mol. The molecule has 0 aliphatic carbocycles. The zero-order valence-corrected chi connectivity index (χ0v) is 11.7. The van der Waals surface area contributed by atoms with E-state index in [9.17, 15) is 9.59 Å². The van der Waals surface area contributed by atoms with Crippen LogP contribution in [0.3, 0.4) is 0 Å². The molecule has 19 heavy (non-hydrogen) atoms. The Morgan fingerprint density at radius 2 is 2.05 bits per heavy atom. The molecule has 0 saturated heterocycles. The fourth-order valence-corrected chi connectivity index (χ4v) is 1.72. The molecule has 0 radical (unpaired) electrons. The molecule has 1 amide bonds. The number of carbonyl (C=O) groups is 2. The quantitative estimate of drug-likeness (QED) is 0.801. The third kappa shape index (κ3) is 4.28. The summed E-state index contributed by atoms with van der Waals surface area (Å²) in [5.74, 6) is -0.429. The van der Waals surface area contributed by atoms with Crippen LogP contribution in [0.15, 0.2) is 18.2 Å². The van der Waals surface area contributed by atoms with E-state index in [0.717, 1.165) is 11.3 Å². The van der Waals surface area contributed by atoms with E-state index in [1.165, 1.54) is 14.0 Å². The molecular formula is C14H20N2O3. The van der Waals surface area contributed by atoms with Crippen molar-refractivity contribution in [2.45, 2.75) is 33.2 Å². The third-order valence-electron chi connectivity index (χ3n) is 2.78. The lowest BCUT2D eigenvalue weighted by Crippen LogP contribution is -2.30. The Morgan fingerprint density at radius 1 is 1.37 bits per heavy atom. The zero-order valence-electron chi connectivity index (χ0n) is 11.7. The molecule has 0 saturated carbocycles. The minimum absolute atomic E-state index is 0.130. The summed E-state index contributed by atoms with van der Waals surface area (Å²) in [4.78, 5) is 22.6. The van der Waals surface area contributed by atoms with Crippen molar-refractivity contribution in [3.05, 3.63) is 23.8 Å². The fourth-order valence-electron chi connectivity index (χ4n) is 1.72. The Labute approximate surface area is 113 Å². The van der Waals surface area contributed by atoms with Gasteiger partial charge in [0.25, 0.3) is 0 Å². The number of ether oxygens (including phenoxy) is 1. The maximum Gasteiger partial charge on any atom is 0.328 e. The zero-order chi connectivity index (χ0) is 14.4. The van der Waals surface area contributed by atoms with Crippen molar-refractivity contribution in [3.8, 4) is 0 Å². The SMILES string of the molecule is CCC(Nc1cc(NC(C)=O)ccc1C)C(=O)OC. The number of anilines is 2. The van der Waals surface area contributed by atoms with Crippen LogP contribution in [-0.4, -0.2) is 25.0 Å². The Kier molecular flexibility index (Phi) is 5.36. The Hall–Kier alpha value is -2.04. The lowest BCUT2D eigenvalue weighted by atomic mass is 10.1. The van der Waals surface area contributed by atoms with E-state index < -0.39 is 6.04 Å². The number of amides is 1. The molecule has 1 aromatic carbocycles. The summed E-state index contributed by atoms with van der Waals surface area (Å²) in [5.41, 5.74) is 2.50. The summed E-state index contributed by atoms with van der Waals surface area (Å²) in [6.45, 7) is 5.29. The van der Waals surface area contributed by atoms with Crippen molar-refractivity contribution in [2.24, 2.45) is 0 Å². The molecule has 0 spiro atoms. The van der Waals surface area contributed by atoms with E-state index in [1.807, 2.05) is 32.0 Å². The van der Waals surface area contributed by atoms with Crippen LogP contribution in [0.25, 0.3) is 0 Å². The van der Waals surface area contributed by atoms with Gasteiger partial charge < -0.3 is 15.4 Å². The molecule has 0 aliphatic rings. The number of hydrogen-bond acceptors (Lipinski definition) is 4. The highest BCUT2D eigenvalue weighted by atomic mass is 16.5. The predicted octanol–water partition coefficient (Wildman–Crippen LogP) is 2.32. The normalized spacial score (nSPS) is 11.6. The summed E-state index contributed by atoms with van der Waals surface area (Å²) >= 11 is 0. The molecular weight excluding hydrogens is 244 g/mol. The fraction of sp³-hybridized carbons (Fsp3) is 0.429. The minimum Gasteiger partial charge on any atom is -0.467 e. The number of nitrogens with one attached hydrogen (secondary N) is 2. The van der Waals surface area contributed by atoms with Gasteiger partial charge in [-0.25, -0.2) is 4.79 Å². The lowest BCUT2D eigenvalue weighted by molar-refractivity contribution is -0.141. The highest BCUT2D eigenvalue weighted by Crippen LogP contribution is 2.21. The molecule has 0 bridgehead atoms. The number of hydrogen-bond donors (Lipinski definition) is 2. The molecule has 1 unspecified atom stereocenters. The summed E-state index contributed by atoms with van der Waals surface area (Å²) in [5, 5.41) is 5.85. The monoisotopic (exact) mass is 264 g/mol. The first-order valence-corrected chi connectivity index (χ1v) is 6.20. The Bertz CT molecular complexity index is 472. The van der Waals surface area contributed by atoms with E-state index in [-0.39, 0.29) is 11.9 Å². The number of methoxy groups -OCH3 is 1. The van der Waals surface area contributed by atoms with Gasteiger partial charge in [-0.15, -0.1) is 0 Å². The average Bonchev–Trinajstić information content (AvgIpc) is 2.37. The first-order chi connectivity index (χ1) is 8.97. The van der Waals surface area contributed by atoms with Gasteiger partial charge in [-0.05, 0) is 31.0 Å². The molecule has 2 N–H and O–H groups in total. The van der Waals surface area contributed by atoms with E-state index in [0.29, 0.717) is 12.1 Å². The van der Waals surface area contributed by atoms with Gasteiger partial charge in [0.2, 0.25) is 5.91 Å². The van der Waals surface area contributed by atoms with Gasteiger partial charge in [-0.3, -0.25) is 4.79 Å². The smallest absolute Gasteiger partial charge is 0.328 e. The Balaban J connectivity index is 2.92. The van der Waals surface area contributed by atoms with Gasteiger partial charge in [-0.1, -0.05) is 13.0 Å². The molecule has 5 nitrogen and oxygen atoms in total. The van der Waals surface area contributed by atoms with Crippen molar-refractivity contribution >= 4 is 23.3 Å². The topological polar surface area (TPSA) is 67.4 Å². The first kappa shape index (κ1) is 15.0. The summed E-state index contributed by atoms with van der Waals surface area (Å²) in [6, 6.07) is 5.12. The van der Waals surface area contributed by atoms with Crippen molar-refractivity contribution in [2.75, 3.05) is 17.7 Å². The second-order valence-corrected chi connectivity index (χ2v) is 4.34. The molecule has 0 heterocycles. The maximum absolute atomic E-state index is 11.6. The van der Waals surface area contributed by atoms with E-state index in [2.05, 4.69) is 10.6 Å². The van der Waals surface area contributed by atoms with Crippen LogP contribution in [0.2, 0.25) is 0 Å². The number of esters is 1. The van der Waals surface area contributed by atoms with Crippen LogP contribution >= 0.6 is 0 Å². The summed E-state index contributed by atoms with van der Waals surface area (Å²) in [7, 11) is 1.37. The number of rotatable bonds is 5. The summed E-state index contributed by atoms with van der Waals surface area (Å²) < 4.78 is 4.74. The molecule has 104 valence electrons. The van der Waals surface area contributed by atoms with Crippen LogP contribution < -0.4 is 10.6 Å². The average molecular weight is 264 g/mol. The highest BCUT2D eigenvalue weighted by molar-refractivity contribution is 5.89. The number of carbonyl (C=O) groups excluding carboxylic acids is 2. The van der Waals surface area contributed by atoms with Crippen molar-refractivity contribution in [3.63, 3.8) is 0 Å². The molecule has 0 fully saturated rings. The van der Waals surface area contributed by atoms with Crippen LogP contribution in [0.1, 0.15) is 25.8 Å². The molecule has 1 aromatic rings. The third-order valence-corrected chi connectivity index (χ3v) is 2.78. The van der Waals surface area contributed by atoms with Gasteiger partial charge in [0.05, 0.1) is 7.11 Å². The van der Waals surface area contributed by atoms with Crippen LogP contribution in [0.5, 0.6) is 0 Å². The molecule has 5 heteroatoms. The standard InChI is InChI=1S/C14H20N2O3/c1-5-12(14(18)19-4)16-13-8-11(15-10(3)17)7-6-9(13)2/h6-8,12,16H,5H2,1-4H3,(H,15,17). The van der Waals surface area contributed by atoms with Crippen LogP contribution in [0, 0.1) is 6.92 Å². The van der Waals surface area contributed by atoms with E-state index in [4.69, 9.17) is 4.74 Å². The molecule has 0 aliphatic heterocycles. The Morgan fingerprint density at radius 3 is 2.58 bits per heavy atom. The molecule has 0 aromatic heterocycles. The number of benzene rings is 1. The summed E-state index contributed by atoms with van der Waals surface area (Å²) in [6.07, 6.45) is 0.622. The van der Waals surface area contributed by atoms with Gasteiger partial charge in [-0.2, -0.15) is 0 Å². The maximum atomic E-state index is 11.6. The molecule has 1 rings (SSSR count). The van der Waals surface area contributed by atoms with Gasteiger partial charge in [0, 0.05) is 18.3 Å². The second kappa shape index (κ2) is 6.78. The van der Waals surface area contributed by atoms with Crippen LogP contribution in [-0.2, 0) is 14.3 Å². The van der Waals surface area contributed by atoms with E-state index in [1.54, 1.807) is 0 Å². The first-order valence-electron chi connectivity index (χ1n) is 6.20. The highest BCUT2D eigenvalue weighted by Gasteiger charge is 2.17.